The molecule has 0 fully saturated rings. The van der Waals surface area contributed by atoms with E-state index in [0.717, 1.165) is 5.69 Å². The van der Waals surface area contributed by atoms with Gasteiger partial charge < -0.3 is 14.5 Å². The Bertz CT molecular complexity index is 394. The minimum Gasteiger partial charge on any atom is -0.465 e. The molecular weight excluding hydrogens is 186 g/mol. The number of ether oxygens (including phenoxy) is 2. The normalized spacial score (nSPS) is 14.5. The zero-order chi connectivity index (χ0) is 10.1. The summed E-state index contributed by atoms with van der Waals surface area (Å²) in [6, 6.07) is 0. The summed E-state index contributed by atoms with van der Waals surface area (Å²) < 4.78 is 9.37. The van der Waals surface area contributed by atoms with Gasteiger partial charge in [-0.05, 0) is 0 Å². The summed E-state index contributed by atoms with van der Waals surface area (Å²) in [5.74, 6) is -0.991. The Hall–Kier alpha value is -1.78. The SMILES string of the molecule is COC(=O)c1c[nH]c2c1C(=O)OCC2. The van der Waals surface area contributed by atoms with Crippen molar-refractivity contribution in [3.8, 4) is 0 Å². The maximum Gasteiger partial charge on any atom is 0.340 e. The van der Waals surface area contributed by atoms with E-state index in [4.69, 9.17) is 4.74 Å². The van der Waals surface area contributed by atoms with Gasteiger partial charge >= 0.3 is 11.9 Å². The van der Waals surface area contributed by atoms with Crippen molar-refractivity contribution < 1.29 is 19.1 Å². The number of H-pyrrole nitrogens is 1. The van der Waals surface area contributed by atoms with E-state index in [1.807, 2.05) is 0 Å². The van der Waals surface area contributed by atoms with Crippen LogP contribution in [-0.4, -0.2) is 30.6 Å². The molecule has 0 saturated heterocycles. The van der Waals surface area contributed by atoms with Gasteiger partial charge in [0.1, 0.15) is 0 Å². The van der Waals surface area contributed by atoms with Crippen molar-refractivity contribution >= 4 is 11.9 Å². The van der Waals surface area contributed by atoms with Crippen LogP contribution in [-0.2, 0) is 15.9 Å². The fourth-order valence-electron chi connectivity index (χ4n) is 1.49. The zero-order valence-electron chi connectivity index (χ0n) is 7.62. The number of esters is 2. The summed E-state index contributed by atoms with van der Waals surface area (Å²) in [5.41, 5.74) is 1.29. The van der Waals surface area contributed by atoms with Crippen molar-refractivity contribution in [3.63, 3.8) is 0 Å². The van der Waals surface area contributed by atoms with Gasteiger partial charge in [-0.3, -0.25) is 0 Å². The molecule has 0 radical (unpaired) electrons. The number of cyclic esters (lactones) is 1. The molecule has 1 aliphatic heterocycles. The highest BCUT2D eigenvalue weighted by Crippen LogP contribution is 2.20. The van der Waals surface area contributed by atoms with Gasteiger partial charge in [-0.25, -0.2) is 9.59 Å². The lowest BCUT2D eigenvalue weighted by atomic mass is 10.1. The van der Waals surface area contributed by atoms with Crippen LogP contribution in [0.2, 0.25) is 0 Å². The van der Waals surface area contributed by atoms with Crippen molar-refractivity contribution in [2.24, 2.45) is 0 Å². The average molecular weight is 195 g/mol. The number of nitrogens with one attached hydrogen (secondary N) is 1. The van der Waals surface area contributed by atoms with Crippen LogP contribution in [0, 0.1) is 0 Å². The molecule has 2 rings (SSSR count). The molecule has 0 saturated carbocycles. The average Bonchev–Trinajstić information content (AvgIpc) is 2.62. The van der Waals surface area contributed by atoms with Crippen LogP contribution in [0.5, 0.6) is 0 Å². The summed E-state index contributed by atoms with van der Waals surface area (Å²) in [4.78, 5) is 25.5. The highest BCUT2D eigenvalue weighted by atomic mass is 16.5. The Labute approximate surface area is 80.0 Å². The van der Waals surface area contributed by atoms with Gasteiger partial charge in [-0.15, -0.1) is 0 Å². The molecule has 0 spiro atoms. The topological polar surface area (TPSA) is 68.4 Å². The van der Waals surface area contributed by atoms with Crippen LogP contribution in [0.1, 0.15) is 26.4 Å². The van der Waals surface area contributed by atoms with Crippen molar-refractivity contribution in [2.45, 2.75) is 6.42 Å². The summed E-state index contributed by atoms with van der Waals surface area (Å²) in [5, 5.41) is 0. The molecule has 1 aromatic heterocycles. The molecule has 0 amide bonds. The second-order valence-electron chi connectivity index (χ2n) is 2.93. The molecule has 0 bridgehead atoms. The van der Waals surface area contributed by atoms with Crippen molar-refractivity contribution in [2.75, 3.05) is 13.7 Å². The first-order valence-corrected chi connectivity index (χ1v) is 4.19. The highest BCUT2D eigenvalue weighted by molar-refractivity contribution is 6.04. The van der Waals surface area contributed by atoms with Gasteiger partial charge in [0.05, 0.1) is 24.8 Å². The number of rotatable bonds is 1. The fourth-order valence-corrected chi connectivity index (χ4v) is 1.49. The molecule has 2 heterocycles. The van der Waals surface area contributed by atoms with E-state index in [1.54, 1.807) is 0 Å². The van der Waals surface area contributed by atoms with E-state index < -0.39 is 11.9 Å². The lowest BCUT2D eigenvalue weighted by Crippen LogP contribution is -2.19. The van der Waals surface area contributed by atoms with E-state index >= 15 is 0 Å². The molecule has 0 aliphatic carbocycles. The number of fused-ring (bicyclic) bond motifs is 1. The largest absolute Gasteiger partial charge is 0.465 e. The monoisotopic (exact) mass is 195 g/mol. The summed E-state index contributed by atoms with van der Waals surface area (Å²) >= 11 is 0. The van der Waals surface area contributed by atoms with Gasteiger partial charge in [0.25, 0.3) is 0 Å². The van der Waals surface area contributed by atoms with Gasteiger partial charge in [0.2, 0.25) is 0 Å². The van der Waals surface area contributed by atoms with Crippen LogP contribution in [0.4, 0.5) is 0 Å². The smallest absolute Gasteiger partial charge is 0.340 e. The number of aromatic amines is 1. The van der Waals surface area contributed by atoms with E-state index in [1.165, 1.54) is 13.3 Å². The zero-order valence-corrected chi connectivity index (χ0v) is 7.62. The Morgan fingerprint density at radius 1 is 1.64 bits per heavy atom. The van der Waals surface area contributed by atoms with Crippen LogP contribution < -0.4 is 0 Å². The Balaban J connectivity index is 2.48. The molecule has 74 valence electrons. The maximum absolute atomic E-state index is 11.3. The van der Waals surface area contributed by atoms with Crippen molar-refractivity contribution in [3.05, 3.63) is 23.0 Å². The van der Waals surface area contributed by atoms with Crippen LogP contribution in [0.3, 0.4) is 0 Å². The Morgan fingerprint density at radius 3 is 3.14 bits per heavy atom. The van der Waals surface area contributed by atoms with Crippen molar-refractivity contribution in [1.82, 2.24) is 4.98 Å². The molecule has 1 aliphatic rings. The Kier molecular flexibility index (Phi) is 1.99. The second-order valence-corrected chi connectivity index (χ2v) is 2.93. The number of aromatic nitrogens is 1. The molecule has 5 nitrogen and oxygen atoms in total. The first kappa shape index (κ1) is 8.80. The van der Waals surface area contributed by atoms with E-state index in [0.29, 0.717) is 18.6 Å². The molecule has 14 heavy (non-hydrogen) atoms. The third kappa shape index (κ3) is 1.17. The fraction of sp³-hybridized carbons (Fsp3) is 0.333. The third-order valence-electron chi connectivity index (χ3n) is 2.16. The molecule has 1 N–H and O–H groups in total. The van der Waals surface area contributed by atoms with E-state index in [-0.39, 0.29) is 5.56 Å². The predicted molar refractivity (Wildman–Crippen MR) is 46.1 cm³/mol. The molecule has 0 aromatic carbocycles. The van der Waals surface area contributed by atoms with Crippen LogP contribution >= 0.6 is 0 Å². The standard InChI is InChI=1S/C9H9NO4/c1-13-8(11)5-4-10-6-2-3-14-9(12)7(5)6/h4,10H,2-3H2,1H3. The Morgan fingerprint density at radius 2 is 2.43 bits per heavy atom. The van der Waals surface area contributed by atoms with Gasteiger partial charge in [-0.1, -0.05) is 0 Å². The molecule has 5 heteroatoms. The summed E-state index contributed by atoms with van der Waals surface area (Å²) in [6.45, 7) is 0.354. The second kappa shape index (κ2) is 3.17. The highest BCUT2D eigenvalue weighted by Gasteiger charge is 2.27. The molecule has 0 unspecified atom stereocenters. The third-order valence-corrected chi connectivity index (χ3v) is 2.16. The van der Waals surface area contributed by atoms with Crippen molar-refractivity contribution in [1.29, 1.82) is 0 Å². The van der Waals surface area contributed by atoms with E-state index in [9.17, 15) is 9.59 Å². The van der Waals surface area contributed by atoms with Gasteiger partial charge in [-0.2, -0.15) is 0 Å². The van der Waals surface area contributed by atoms with Crippen LogP contribution in [0.15, 0.2) is 6.20 Å². The lowest BCUT2D eigenvalue weighted by molar-refractivity contribution is 0.0463. The number of methoxy groups -OCH3 is 1. The molecular formula is C9H9NO4. The number of carbonyl (C=O) groups excluding carboxylic acids is 2. The quantitative estimate of drug-likeness (QED) is 0.663. The number of hydrogen-bond acceptors (Lipinski definition) is 4. The summed E-state index contributed by atoms with van der Waals surface area (Å²) in [6.07, 6.45) is 2.08. The maximum atomic E-state index is 11.3. The number of carbonyl (C=O) groups is 2. The van der Waals surface area contributed by atoms with Gasteiger partial charge in [0.15, 0.2) is 0 Å². The summed E-state index contributed by atoms with van der Waals surface area (Å²) in [7, 11) is 1.27. The minimum atomic E-state index is -0.527. The minimum absolute atomic E-state index is 0.243. The first-order valence-electron chi connectivity index (χ1n) is 4.19. The van der Waals surface area contributed by atoms with E-state index in [2.05, 4.69) is 9.72 Å². The lowest BCUT2D eigenvalue weighted by Gasteiger charge is -2.12. The molecule has 1 aromatic rings. The predicted octanol–water partition coefficient (Wildman–Crippen LogP) is 0.514. The molecule has 0 atom stereocenters. The number of hydrogen-bond donors (Lipinski definition) is 1. The van der Waals surface area contributed by atoms with Gasteiger partial charge in [0, 0.05) is 18.3 Å². The first-order chi connectivity index (χ1) is 6.74. The van der Waals surface area contributed by atoms with Crippen LogP contribution in [0.25, 0.3) is 0 Å².